The van der Waals surface area contributed by atoms with Crippen molar-refractivity contribution in [3.05, 3.63) is 29.8 Å². The van der Waals surface area contributed by atoms with Crippen molar-refractivity contribution >= 4 is 15.7 Å². The molecule has 0 amide bonds. The van der Waals surface area contributed by atoms with Gasteiger partial charge in [0.05, 0.1) is 11.4 Å². The topological polar surface area (TPSA) is 49.4 Å². The minimum absolute atomic E-state index is 0.134. The monoisotopic (exact) mass is 284 g/mol. The van der Waals surface area contributed by atoms with Gasteiger partial charge in [0.25, 0.3) is 0 Å². The van der Waals surface area contributed by atoms with Crippen molar-refractivity contribution in [3.8, 4) is 0 Å². The second-order valence-electron chi connectivity index (χ2n) is 4.57. The van der Waals surface area contributed by atoms with E-state index in [-0.39, 0.29) is 5.75 Å². The van der Waals surface area contributed by atoms with E-state index in [4.69, 9.17) is 0 Å². The summed E-state index contributed by atoms with van der Waals surface area (Å²) in [6, 6.07) is 7.58. The zero-order valence-corrected chi connectivity index (χ0v) is 12.8. The molecule has 0 fully saturated rings. The SMILES string of the molecule is CCCNCCS(=O)(=O)N(CC)c1ccc(C)cc1. The Morgan fingerprint density at radius 2 is 1.74 bits per heavy atom. The van der Waals surface area contributed by atoms with Gasteiger partial charge in [-0.15, -0.1) is 0 Å². The minimum atomic E-state index is -3.25. The molecule has 0 unspecified atom stereocenters. The van der Waals surface area contributed by atoms with Crippen LogP contribution in [0.2, 0.25) is 0 Å². The van der Waals surface area contributed by atoms with Gasteiger partial charge in [0.1, 0.15) is 0 Å². The molecule has 5 heteroatoms. The molecule has 0 bridgehead atoms. The highest BCUT2D eigenvalue weighted by atomic mass is 32.2. The number of nitrogens with one attached hydrogen (secondary N) is 1. The lowest BCUT2D eigenvalue weighted by Gasteiger charge is -2.23. The van der Waals surface area contributed by atoms with Gasteiger partial charge in [0, 0.05) is 13.1 Å². The Labute approximate surface area is 116 Å². The number of anilines is 1. The molecule has 1 rings (SSSR count). The van der Waals surface area contributed by atoms with Gasteiger partial charge in [-0.1, -0.05) is 24.6 Å². The standard InChI is InChI=1S/C14H24N2O2S/c1-4-10-15-11-12-19(17,18)16(5-2)14-8-6-13(3)7-9-14/h6-9,15H,4-5,10-12H2,1-3H3. The maximum Gasteiger partial charge on any atom is 0.236 e. The fourth-order valence-electron chi connectivity index (χ4n) is 1.86. The Hall–Kier alpha value is -1.07. The Bertz CT molecular complexity index is 469. The highest BCUT2D eigenvalue weighted by Gasteiger charge is 2.20. The summed E-state index contributed by atoms with van der Waals surface area (Å²) in [6.07, 6.45) is 1.01. The molecule has 0 heterocycles. The molecule has 0 aliphatic carbocycles. The van der Waals surface area contributed by atoms with Crippen LogP contribution in [0, 0.1) is 6.92 Å². The molecule has 0 saturated carbocycles. The normalized spacial score (nSPS) is 11.5. The van der Waals surface area contributed by atoms with E-state index >= 15 is 0 Å². The van der Waals surface area contributed by atoms with Gasteiger partial charge in [-0.25, -0.2) is 8.42 Å². The molecule has 108 valence electrons. The molecule has 0 atom stereocenters. The molecule has 0 spiro atoms. The maximum atomic E-state index is 12.3. The van der Waals surface area contributed by atoms with Crippen molar-refractivity contribution in [1.82, 2.24) is 5.32 Å². The smallest absolute Gasteiger partial charge is 0.236 e. The third-order valence-electron chi connectivity index (χ3n) is 2.91. The zero-order valence-electron chi connectivity index (χ0n) is 12.0. The highest BCUT2D eigenvalue weighted by Crippen LogP contribution is 2.18. The molecule has 1 N–H and O–H groups in total. The molecule has 1 aromatic carbocycles. The summed E-state index contributed by atoms with van der Waals surface area (Å²) >= 11 is 0. The number of hydrogen-bond acceptors (Lipinski definition) is 3. The number of hydrogen-bond donors (Lipinski definition) is 1. The molecular weight excluding hydrogens is 260 g/mol. The van der Waals surface area contributed by atoms with Gasteiger partial charge in [-0.2, -0.15) is 0 Å². The Balaban J connectivity index is 2.75. The van der Waals surface area contributed by atoms with Crippen molar-refractivity contribution in [2.24, 2.45) is 0 Å². The number of rotatable bonds is 8. The van der Waals surface area contributed by atoms with Crippen molar-refractivity contribution in [1.29, 1.82) is 0 Å². The molecule has 0 aliphatic heterocycles. The predicted molar refractivity (Wildman–Crippen MR) is 81.1 cm³/mol. The predicted octanol–water partition coefficient (Wildman–Crippen LogP) is 2.15. The average Bonchev–Trinajstić information content (AvgIpc) is 2.37. The molecule has 4 nitrogen and oxygen atoms in total. The lowest BCUT2D eigenvalue weighted by Crippen LogP contribution is -2.36. The fourth-order valence-corrected chi connectivity index (χ4v) is 3.32. The van der Waals surface area contributed by atoms with Gasteiger partial charge >= 0.3 is 0 Å². The molecule has 1 aromatic rings. The Morgan fingerprint density at radius 1 is 1.11 bits per heavy atom. The first-order valence-corrected chi connectivity index (χ1v) is 8.40. The summed E-state index contributed by atoms with van der Waals surface area (Å²) in [7, 11) is -3.25. The number of benzene rings is 1. The van der Waals surface area contributed by atoms with E-state index in [1.54, 1.807) is 0 Å². The van der Waals surface area contributed by atoms with Crippen LogP contribution >= 0.6 is 0 Å². The third-order valence-corrected chi connectivity index (χ3v) is 4.77. The molecule has 19 heavy (non-hydrogen) atoms. The average molecular weight is 284 g/mol. The summed E-state index contributed by atoms with van der Waals surface area (Å²) in [5, 5.41) is 3.12. The van der Waals surface area contributed by atoms with Crippen LogP contribution < -0.4 is 9.62 Å². The fraction of sp³-hybridized carbons (Fsp3) is 0.571. The van der Waals surface area contributed by atoms with Gasteiger partial charge in [0.2, 0.25) is 10.0 Å². The summed E-state index contributed by atoms with van der Waals surface area (Å²) < 4.78 is 26.1. The van der Waals surface area contributed by atoms with Crippen molar-refractivity contribution in [3.63, 3.8) is 0 Å². The van der Waals surface area contributed by atoms with E-state index in [1.807, 2.05) is 38.1 Å². The summed E-state index contributed by atoms with van der Waals surface area (Å²) in [5.74, 6) is 0.134. The largest absolute Gasteiger partial charge is 0.316 e. The van der Waals surface area contributed by atoms with Crippen LogP contribution in [0.1, 0.15) is 25.8 Å². The number of aryl methyl sites for hydroxylation is 1. The van der Waals surface area contributed by atoms with Crippen LogP contribution in [0.3, 0.4) is 0 Å². The van der Waals surface area contributed by atoms with Crippen molar-refractivity contribution in [2.45, 2.75) is 27.2 Å². The lowest BCUT2D eigenvalue weighted by atomic mass is 10.2. The van der Waals surface area contributed by atoms with Crippen LogP contribution in [0.5, 0.6) is 0 Å². The molecule has 0 saturated heterocycles. The van der Waals surface area contributed by atoms with Crippen molar-refractivity contribution < 1.29 is 8.42 Å². The van der Waals surface area contributed by atoms with E-state index in [0.29, 0.717) is 13.1 Å². The zero-order chi connectivity index (χ0) is 14.3. The molecular formula is C14H24N2O2S. The second-order valence-corrected chi connectivity index (χ2v) is 6.58. The Kier molecular flexibility index (Phi) is 6.31. The van der Waals surface area contributed by atoms with E-state index in [2.05, 4.69) is 12.2 Å². The maximum absolute atomic E-state index is 12.3. The quantitative estimate of drug-likeness (QED) is 0.744. The number of sulfonamides is 1. The highest BCUT2D eigenvalue weighted by molar-refractivity contribution is 7.92. The van der Waals surface area contributed by atoms with Gasteiger partial charge in [-0.3, -0.25) is 4.31 Å². The first-order chi connectivity index (χ1) is 9.01. The van der Waals surface area contributed by atoms with E-state index in [1.165, 1.54) is 4.31 Å². The van der Waals surface area contributed by atoms with Gasteiger partial charge in [-0.05, 0) is 38.9 Å². The van der Waals surface area contributed by atoms with Gasteiger partial charge in [0.15, 0.2) is 0 Å². The Morgan fingerprint density at radius 3 is 2.26 bits per heavy atom. The van der Waals surface area contributed by atoms with E-state index in [0.717, 1.165) is 24.2 Å². The van der Waals surface area contributed by atoms with Gasteiger partial charge < -0.3 is 5.32 Å². The number of nitrogens with zero attached hydrogens (tertiary/aromatic N) is 1. The van der Waals surface area contributed by atoms with E-state index in [9.17, 15) is 8.42 Å². The second kappa shape index (κ2) is 7.50. The molecule has 0 aromatic heterocycles. The summed E-state index contributed by atoms with van der Waals surface area (Å²) in [5.41, 5.74) is 1.87. The summed E-state index contributed by atoms with van der Waals surface area (Å²) in [4.78, 5) is 0. The molecule has 0 radical (unpaired) electrons. The van der Waals surface area contributed by atoms with Crippen LogP contribution in [-0.4, -0.2) is 33.8 Å². The van der Waals surface area contributed by atoms with Crippen LogP contribution in [0.4, 0.5) is 5.69 Å². The first-order valence-electron chi connectivity index (χ1n) is 6.79. The third kappa shape index (κ3) is 4.84. The van der Waals surface area contributed by atoms with Crippen LogP contribution in [0.15, 0.2) is 24.3 Å². The van der Waals surface area contributed by atoms with Crippen LogP contribution in [0.25, 0.3) is 0 Å². The van der Waals surface area contributed by atoms with Crippen molar-refractivity contribution in [2.75, 3.05) is 29.7 Å². The van der Waals surface area contributed by atoms with E-state index < -0.39 is 10.0 Å². The van der Waals surface area contributed by atoms with Crippen LogP contribution in [-0.2, 0) is 10.0 Å². The summed E-state index contributed by atoms with van der Waals surface area (Å²) in [6.45, 7) is 7.72. The first kappa shape index (κ1) is 16.0. The lowest BCUT2D eigenvalue weighted by molar-refractivity contribution is 0.586. The molecule has 0 aliphatic rings. The minimum Gasteiger partial charge on any atom is -0.316 e.